The molecule has 3 heterocycles. The van der Waals surface area contributed by atoms with Gasteiger partial charge in [0.2, 0.25) is 0 Å². The first-order chi connectivity index (χ1) is 10.2. The van der Waals surface area contributed by atoms with Crippen LogP contribution in [0.25, 0.3) is 0 Å². The van der Waals surface area contributed by atoms with E-state index in [2.05, 4.69) is 42.0 Å². The second-order valence-corrected chi connectivity index (χ2v) is 6.67. The molecule has 0 bridgehead atoms. The van der Waals surface area contributed by atoms with E-state index in [1.54, 1.807) is 0 Å². The van der Waals surface area contributed by atoms with Gasteiger partial charge in [-0.2, -0.15) is 0 Å². The zero-order valence-corrected chi connectivity index (χ0v) is 13.7. The van der Waals surface area contributed by atoms with E-state index in [4.69, 9.17) is 4.42 Å². The summed E-state index contributed by atoms with van der Waals surface area (Å²) in [6.45, 7) is 13.1. The quantitative estimate of drug-likeness (QED) is 0.902. The molecule has 2 saturated heterocycles. The molecule has 2 atom stereocenters. The molecule has 2 fully saturated rings. The predicted octanol–water partition coefficient (Wildman–Crippen LogP) is 2.37. The minimum absolute atomic E-state index is 0.627. The number of hydrogen-bond acceptors (Lipinski definition) is 4. The van der Waals surface area contributed by atoms with E-state index >= 15 is 0 Å². The van der Waals surface area contributed by atoms with Crippen molar-refractivity contribution < 1.29 is 4.42 Å². The van der Waals surface area contributed by atoms with Crippen molar-refractivity contribution >= 4 is 0 Å². The van der Waals surface area contributed by atoms with E-state index in [0.29, 0.717) is 6.04 Å². The van der Waals surface area contributed by atoms with E-state index in [9.17, 15) is 0 Å². The lowest BCUT2D eigenvalue weighted by Crippen LogP contribution is -2.54. The van der Waals surface area contributed by atoms with Gasteiger partial charge in [-0.3, -0.25) is 9.80 Å². The summed E-state index contributed by atoms with van der Waals surface area (Å²) in [6, 6.07) is 3.63. The van der Waals surface area contributed by atoms with Crippen molar-refractivity contribution in [2.24, 2.45) is 0 Å². The molecule has 2 aliphatic rings. The summed E-state index contributed by atoms with van der Waals surface area (Å²) in [5.41, 5.74) is 1.28. The van der Waals surface area contributed by atoms with E-state index in [-0.39, 0.29) is 0 Å². The van der Waals surface area contributed by atoms with Crippen molar-refractivity contribution in [2.45, 2.75) is 58.8 Å². The third-order valence-electron chi connectivity index (χ3n) is 5.03. The summed E-state index contributed by atoms with van der Waals surface area (Å²) < 4.78 is 6.06. The van der Waals surface area contributed by atoms with Crippen LogP contribution >= 0.6 is 0 Å². The highest BCUT2D eigenvalue weighted by molar-refractivity contribution is 5.20. The molecule has 0 radical (unpaired) electrons. The molecule has 0 amide bonds. The van der Waals surface area contributed by atoms with Gasteiger partial charge in [-0.05, 0) is 51.4 Å². The Kier molecular flexibility index (Phi) is 4.67. The van der Waals surface area contributed by atoms with Gasteiger partial charge in [-0.15, -0.1) is 0 Å². The molecule has 2 aliphatic heterocycles. The number of furan rings is 1. The lowest BCUT2D eigenvalue weighted by molar-refractivity contribution is 0.0491. The summed E-state index contributed by atoms with van der Waals surface area (Å²) in [5, 5.41) is 3.35. The first kappa shape index (κ1) is 15.1. The first-order valence-electron chi connectivity index (χ1n) is 8.44. The number of fused-ring (bicyclic) bond motifs is 1. The van der Waals surface area contributed by atoms with Crippen molar-refractivity contribution in [1.29, 1.82) is 0 Å². The predicted molar refractivity (Wildman–Crippen MR) is 85.3 cm³/mol. The van der Waals surface area contributed by atoms with Gasteiger partial charge >= 0.3 is 0 Å². The zero-order chi connectivity index (χ0) is 14.8. The van der Waals surface area contributed by atoms with E-state index in [1.807, 2.05) is 0 Å². The molecule has 0 saturated carbocycles. The van der Waals surface area contributed by atoms with Gasteiger partial charge in [0.1, 0.15) is 11.5 Å². The largest absolute Gasteiger partial charge is 0.463 e. The third kappa shape index (κ3) is 3.33. The summed E-state index contributed by atoms with van der Waals surface area (Å²) in [6.07, 6.45) is 2.74. The van der Waals surface area contributed by atoms with Crippen LogP contribution in [0.1, 0.15) is 43.8 Å². The number of hydrogen-bond donors (Lipinski definition) is 1. The van der Waals surface area contributed by atoms with E-state index in [1.165, 1.54) is 38.0 Å². The van der Waals surface area contributed by atoms with Gasteiger partial charge in [0.25, 0.3) is 0 Å². The molecular weight excluding hydrogens is 262 g/mol. The van der Waals surface area contributed by atoms with E-state index < -0.39 is 0 Å². The molecule has 0 aromatic carbocycles. The topological polar surface area (TPSA) is 31.7 Å². The molecule has 3 rings (SSSR count). The Labute approximate surface area is 128 Å². The number of piperazine rings is 1. The molecule has 1 N–H and O–H groups in total. The molecular formula is C17H29N3O. The average molecular weight is 291 g/mol. The minimum Gasteiger partial charge on any atom is -0.463 e. The fraction of sp³-hybridized carbons (Fsp3) is 0.765. The Balaban J connectivity index is 1.63. The highest BCUT2D eigenvalue weighted by Crippen LogP contribution is 2.26. The highest BCUT2D eigenvalue weighted by Gasteiger charge is 2.34. The van der Waals surface area contributed by atoms with E-state index in [0.717, 1.165) is 37.2 Å². The Hall–Kier alpha value is -0.840. The normalized spacial score (nSPS) is 27.2. The van der Waals surface area contributed by atoms with Crippen LogP contribution in [0.2, 0.25) is 0 Å². The number of nitrogens with zero attached hydrogens (tertiary/aromatic N) is 2. The Morgan fingerprint density at radius 1 is 1.38 bits per heavy atom. The third-order valence-corrected chi connectivity index (χ3v) is 5.03. The fourth-order valence-electron chi connectivity index (χ4n) is 3.75. The van der Waals surface area contributed by atoms with Crippen LogP contribution in [-0.2, 0) is 13.1 Å². The molecule has 0 aliphatic carbocycles. The van der Waals surface area contributed by atoms with Crippen LogP contribution in [0.3, 0.4) is 0 Å². The summed E-state index contributed by atoms with van der Waals surface area (Å²) in [7, 11) is 0. The van der Waals surface area contributed by atoms with Gasteiger partial charge in [0.05, 0.1) is 13.1 Å². The highest BCUT2D eigenvalue weighted by atomic mass is 16.3. The number of nitrogens with one attached hydrogen (secondary N) is 1. The van der Waals surface area contributed by atoms with Crippen LogP contribution < -0.4 is 5.32 Å². The lowest BCUT2D eigenvalue weighted by atomic mass is 10.1. The fourth-order valence-corrected chi connectivity index (χ4v) is 3.75. The van der Waals surface area contributed by atoms with Gasteiger partial charge in [0, 0.05) is 25.2 Å². The molecule has 0 spiro atoms. The van der Waals surface area contributed by atoms with Crippen LogP contribution in [0.4, 0.5) is 0 Å². The average Bonchev–Trinajstić information content (AvgIpc) is 3.03. The standard InChI is InChI=1S/C17H29N3O/c1-4-18-9-17-13(2)8-16(21-17)12-20-11-15-6-5-7-19(15)10-14(20)3/h8,14-15,18H,4-7,9-12H2,1-3H3. The van der Waals surface area contributed by atoms with Crippen molar-refractivity contribution in [1.82, 2.24) is 15.1 Å². The zero-order valence-electron chi connectivity index (χ0n) is 13.7. The first-order valence-corrected chi connectivity index (χ1v) is 8.44. The maximum atomic E-state index is 6.06. The summed E-state index contributed by atoms with van der Waals surface area (Å²) in [4.78, 5) is 5.27. The van der Waals surface area contributed by atoms with Crippen LogP contribution in [0.5, 0.6) is 0 Å². The SMILES string of the molecule is CCNCc1oc(CN2CC3CCCN3CC2C)cc1C. The smallest absolute Gasteiger partial charge is 0.120 e. The van der Waals surface area contributed by atoms with Crippen molar-refractivity contribution in [3.8, 4) is 0 Å². The second kappa shape index (κ2) is 6.51. The minimum atomic E-state index is 0.627. The maximum absolute atomic E-state index is 6.06. The second-order valence-electron chi connectivity index (χ2n) is 6.67. The van der Waals surface area contributed by atoms with Gasteiger partial charge in [-0.1, -0.05) is 6.92 Å². The molecule has 118 valence electrons. The monoisotopic (exact) mass is 291 g/mol. The van der Waals surface area contributed by atoms with Gasteiger partial charge in [0.15, 0.2) is 0 Å². The molecule has 1 aromatic heterocycles. The molecule has 21 heavy (non-hydrogen) atoms. The van der Waals surface area contributed by atoms with Crippen molar-refractivity contribution in [3.05, 3.63) is 23.2 Å². The summed E-state index contributed by atoms with van der Waals surface area (Å²) in [5.74, 6) is 2.22. The molecule has 2 unspecified atom stereocenters. The maximum Gasteiger partial charge on any atom is 0.120 e. The van der Waals surface area contributed by atoms with Gasteiger partial charge < -0.3 is 9.73 Å². The van der Waals surface area contributed by atoms with Crippen LogP contribution in [0, 0.1) is 6.92 Å². The van der Waals surface area contributed by atoms with Crippen LogP contribution in [0.15, 0.2) is 10.5 Å². The summed E-state index contributed by atoms with van der Waals surface area (Å²) >= 11 is 0. The Bertz CT molecular complexity index is 471. The van der Waals surface area contributed by atoms with Crippen LogP contribution in [-0.4, -0.2) is 48.1 Å². The number of rotatable bonds is 5. The van der Waals surface area contributed by atoms with Gasteiger partial charge in [-0.25, -0.2) is 0 Å². The van der Waals surface area contributed by atoms with Crippen molar-refractivity contribution in [3.63, 3.8) is 0 Å². The number of aryl methyl sites for hydroxylation is 1. The molecule has 1 aromatic rings. The Morgan fingerprint density at radius 3 is 3.05 bits per heavy atom. The van der Waals surface area contributed by atoms with Crippen molar-refractivity contribution in [2.75, 3.05) is 26.2 Å². The molecule has 4 heteroatoms. The lowest BCUT2D eigenvalue weighted by Gasteiger charge is -2.41. The molecule has 4 nitrogen and oxygen atoms in total. The Morgan fingerprint density at radius 2 is 2.24 bits per heavy atom.